The van der Waals surface area contributed by atoms with E-state index in [9.17, 15) is 19.8 Å². The minimum Gasteiger partial charge on any atom is -0.481 e. The molecule has 6 saturated carbocycles. The number of hydrogen-bond acceptors (Lipinski definition) is 2. The zero-order valence-corrected chi connectivity index (χ0v) is 7.88. The molecule has 4 heteroatoms. The average molecular weight is 206 g/mol. The average Bonchev–Trinajstić information content (AvgIpc) is 2.90. The summed E-state index contributed by atoms with van der Waals surface area (Å²) in [4.78, 5) is 22.9. The topological polar surface area (TPSA) is 74.6 Å². The zero-order chi connectivity index (χ0) is 10.3. The fourth-order valence-corrected chi connectivity index (χ4v) is 6.68. The normalized spacial score (nSPS) is 73.3. The Balaban J connectivity index is 1.84. The maximum atomic E-state index is 11.5. The molecular formula is C11H10O4. The Morgan fingerprint density at radius 3 is 1.47 bits per heavy atom. The lowest BCUT2D eigenvalue weighted by Crippen LogP contribution is -2.34. The van der Waals surface area contributed by atoms with Gasteiger partial charge in [0, 0.05) is 0 Å². The van der Waals surface area contributed by atoms with Crippen molar-refractivity contribution in [3.63, 3.8) is 0 Å². The van der Waals surface area contributed by atoms with Crippen LogP contribution in [0.25, 0.3) is 0 Å². The van der Waals surface area contributed by atoms with E-state index in [2.05, 4.69) is 0 Å². The Bertz CT molecular complexity index is 405. The lowest BCUT2D eigenvalue weighted by atomic mass is 9.86. The van der Waals surface area contributed by atoms with Crippen LogP contribution in [-0.2, 0) is 9.59 Å². The fourth-order valence-electron chi connectivity index (χ4n) is 6.68. The molecule has 6 fully saturated rings. The van der Waals surface area contributed by atoms with E-state index in [4.69, 9.17) is 0 Å². The molecule has 0 radical (unpaired) electrons. The molecule has 0 aromatic heterocycles. The van der Waals surface area contributed by atoms with Crippen LogP contribution in [-0.4, -0.2) is 22.2 Å². The van der Waals surface area contributed by atoms with Gasteiger partial charge in [0.1, 0.15) is 0 Å². The molecule has 6 aliphatic carbocycles. The standard InChI is InChI=1S/C11H10O4/c12-8(13)10-4-2-1-3(6(4)10)7-5(2)11(7,10)9(14)15/h2-7H,1H2,(H,12,13)(H,14,15). The van der Waals surface area contributed by atoms with Crippen molar-refractivity contribution in [1.29, 1.82) is 0 Å². The van der Waals surface area contributed by atoms with Gasteiger partial charge >= 0.3 is 11.9 Å². The van der Waals surface area contributed by atoms with E-state index >= 15 is 0 Å². The van der Waals surface area contributed by atoms with Crippen molar-refractivity contribution in [1.82, 2.24) is 0 Å². The molecule has 0 saturated heterocycles. The molecule has 6 aliphatic rings. The summed E-state index contributed by atoms with van der Waals surface area (Å²) in [5, 5.41) is 18.8. The molecular weight excluding hydrogens is 196 g/mol. The van der Waals surface area contributed by atoms with E-state index in [0.29, 0.717) is 11.8 Å². The maximum Gasteiger partial charge on any atom is 0.311 e. The Morgan fingerprint density at radius 2 is 1.20 bits per heavy atom. The van der Waals surface area contributed by atoms with Gasteiger partial charge < -0.3 is 10.2 Å². The molecule has 0 aliphatic heterocycles. The molecule has 6 rings (SSSR count). The van der Waals surface area contributed by atoms with Gasteiger partial charge in [0.05, 0.1) is 10.8 Å². The van der Waals surface area contributed by atoms with Crippen molar-refractivity contribution >= 4 is 11.9 Å². The van der Waals surface area contributed by atoms with E-state index in [1.165, 1.54) is 0 Å². The number of aliphatic carboxylic acids is 2. The number of carbonyl (C=O) groups is 2. The molecule has 4 atom stereocenters. The van der Waals surface area contributed by atoms with Crippen molar-refractivity contribution in [2.75, 3.05) is 0 Å². The highest BCUT2D eigenvalue weighted by atomic mass is 16.4. The summed E-state index contributed by atoms with van der Waals surface area (Å²) in [7, 11) is 0. The third-order valence-corrected chi connectivity index (χ3v) is 6.44. The van der Waals surface area contributed by atoms with Gasteiger partial charge in [-0.15, -0.1) is 0 Å². The molecule has 0 amide bonds. The van der Waals surface area contributed by atoms with Gasteiger partial charge in [-0.05, 0) is 41.9 Å². The molecule has 0 aromatic rings. The van der Waals surface area contributed by atoms with E-state index in [-0.39, 0.29) is 23.7 Å². The minimum absolute atomic E-state index is 0.228. The summed E-state index contributed by atoms with van der Waals surface area (Å²) in [5.74, 6) is 0.151. The van der Waals surface area contributed by atoms with Crippen LogP contribution >= 0.6 is 0 Å². The molecule has 4 nitrogen and oxygen atoms in total. The predicted molar refractivity (Wildman–Crippen MR) is 45.7 cm³/mol. The van der Waals surface area contributed by atoms with Gasteiger partial charge in [0.2, 0.25) is 0 Å². The number of carboxylic acids is 2. The highest BCUT2D eigenvalue weighted by molar-refractivity contribution is 5.98. The lowest BCUT2D eigenvalue weighted by molar-refractivity contribution is -0.158. The summed E-state index contributed by atoms with van der Waals surface area (Å²) in [5.41, 5.74) is -1.64. The van der Waals surface area contributed by atoms with Crippen molar-refractivity contribution in [2.45, 2.75) is 6.42 Å². The summed E-state index contributed by atoms with van der Waals surface area (Å²) < 4.78 is 0. The Hall–Kier alpha value is -1.06. The smallest absolute Gasteiger partial charge is 0.311 e. The molecule has 2 bridgehead atoms. The van der Waals surface area contributed by atoms with Crippen LogP contribution in [0.5, 0.6) is 0 Å². The first kappa shape index (κ1) is 7.25. The van der Waals surface area contributed by atoms with E-state index in [1.54, 1.807) is 0 Å². The molecule has 0 spiro atoms. The van der Waals surface area contributed by atoms with Gasteiger partial charge in [-0.1, -0.05) is 0 Å². The monoisotopic (exact) mass is 206 g/mol. The fraction of sp³-hybridized carbons (Fsp3) is 0.818. The molecule has 0 heterocycles. The Morgan fingerprint density at radius 1 is 0.867 bits per heavy atom. The van der Waals surface area contributed by atoms with Crippen LogP contribution in [0, 0.1) is 46.3 Å². The molecule has 2 N–H and O–H groups in total. The van der Waals surface area contributed by atoms with Gasteiger partial charge in [0.25, 0.3) is 0 Å². The van der Waals surface area contributed by atoms with Crippen molar-refractivity contribution in [3.8, 4) is 0 Å². The number of carboxylic acid groups (broad SMARTS) is 2. The number of rotatable bonds is 2. The zero-order valence-electron chi connectivity index (χ0n) is 7.88. The summed E-state index contributed by atoms with van der Waals surface area (Å²) in [6.45, 7) is 0. The first-order valence-corrected chi connectivity index (χ1v) is 5.58. The van der Waals surface area contributed by atoms with E-state index in [0.717, 1.165) is 6.42 Å². The summed E-state index contributed by atoms with van der Waals surface area (Å²) in [6, 6.07) is 0. The second-order valence-corrected chi connectivity index (χ2v) is 6.01. The molecule has 4 unspecified atom stereocenters. The SMILES string of the molecule is O=C(O)C12C3C4CC(C31)C1C4C12C(=O)O. The van der Waals surface area contributed by atoms with Gasteiger partial charge in [-0.25, -0.2) is 0 Å². The predicted octanol–water partition coefficient (Wildman–Crippen LogP) is 0.284. The third kappa shape index (κ3) is 0.336. The third-order valence-electron chi connectivity index (χ3n) is 6.44. The maximum absolute atomic E-state index is 11.5. The quantitative estimate of drug-likeness (QED) is 0.680. The first-order chi connectivity index (χ1) is 7.11. The molecule has 78 valence electrons. The molecule has 0 aromatic carbocycles. The van der Waals surface area contributed by atoms with Crippen molar-refractivity contribution in [3.05, 3.63) is 0 Å². The van der Waals surface area contributed by atoms with Gasteiger partial charge in [-0.3, -0.25) is 9.59 Å². The second-order valence-electron chi connectivity index (χ2n) is 6.01. The highest BCUT2D eigenvalue weighted by Gasteiger charge is 3.08. The van der Waals surface area contributed by atoms with Crippen LogP contribution in [0.4, 0.5) is 0 Å². The van der Waals surface area contributed by atoms with E-state index < -0.39 is 22.8 Å². The van der Waals surface area contributed by atoms with Crippen molar-refractivity contribution < 1.29 is 19.8 Å². The summed E-state index contributed by atoms with van der Waals surface area (Å²) >= 11 is 0. The van der Waals surface area contributed by atoms with Crippen LogP contribution in [0.2, 0.25) is 0 Å². The van der Waals surface area contributed by atoms with Crippen molar-refractivity contribution in [2.24, 2.45) is 46.3 Å². The second kappa shape index (κ2) is 1.43. The van der Waals surface area contributed by atoms with Gasteiger partial charge in [0.15, 0.2) is 0 Å². The van der Waals surface area contributed by atoms with Crippen LogP contribution in [0.15, 0.2) is 0 Å². The Labute approximate surface area is 85.3 Å². The van der Waals surface area contributed by atoms with E-state index in [1.807, 2.05) is 0 Å². The number of hydrogen-bond donors (Lipinski definition) is 2. The van der Waals surface area contributed by atoms with Crippen LogP contribution < -0.4 is 0 Å². The first-order valence-electron chi connectivity index (χ1n) is 5.58. The van der Waals surface area contributed by atoms with Crippen LogP contribution in [0.1, 0.15) is 6.42 Å². The van der Waals surface area contributed by atoms with Gasteiger partial charge in [-0.2, -0.15) is 0 Å². The molecule has 15 heavy (non-hydrogen) atoms. The summed E-state index contributed by atoms with van der Waals surface area (Å²) in [6.07, 6.45) is 1.12. The minimum atomic E-state index is -0.822. The van der Waals surface area contributed by atoms with Crippen LogP contribution in [0.3, 0.4) is 0 Å². The largest absolute Gasteiger partial charge is 0.481 e. The Kier molecular flexibility index (Phi) is 0.691. The highest BCUT2D eigenvalue weighted by Crippen LogP contribution is 3.04. The lowest BCUT2D eigenvalue weighted by Gasteiger charge is -2.16.